The molecule has 1 heterocycles. The van der Waals surface area contributed by atoms with Crippen LogP contribution in [0.1, 0.15) is 30.7 Å². The van der Waals surface area contributed by atoms with Gasteiger partial charge in [-0.05, 0) is 48.5 Å². The minimum atomic E-state index is -0.782. The summed E-state index contributed by atoms with van der Waals surface area (Å²) in [5.41, 5.74) is 1.04. The fourth-order valence-electron chi connectivity index (χ4n) is 6.14. The maximum absolute atomic E-state index is 13.0. The maximum atomic E-state index is 13.0. The molecule has 0 radical (unpaired) electrons. The number of rotatable bonds is 3. The molecule has 1 aliphatic heterocycles. The Hall–Kier alpha value is -1.84. The van der Waals surface area contributed by atoms with Crippen LogP contribution in [0.3, 0.4) is 0 Å². The van der Waals surface area contributed by atoms with Gasteiger partial charge in [-0.25, -0.2) is 0 Å². The van der Waals surface area contributed by atoms with Crippen molar-refractivity contribution in [1.29, 1.82) is 0 Å². The van der Waals surface area contributed by atoms with Crippen molar-refractivity contribution in [2.75, 3.05) is 13.1 Å². The Balaban J connectivity index is 1.35. The summed E-state index contributed by atoms with van der Waals surface area (Å²) in [6, 6.07) is 9.81. The number of carbonyl (C=O) groups excluding carboxylic acids is 1. The highest BCUT2D eigenvalue weighted by Crippen LogP contribution is 2.69. The number of amides is 1. The number of carbonyl (C=O) groups is 2. The summed E-state index contributed by atoms with van der Waals surface area (Å²) in [5.74, 6) is 1.90. The molecule has 126 valence electrons. The lowest BCUT2D eigenvalue weighted by Crippen LogP contribution is -2.32. The van der Waals surface area contributed by atoms with Crippen LogP contribution in [0.25, 0.3) is 0 Å². The van der Waals surface area contributed by atoms with Gasteiger partial charge in [0, 0.05) is 24.9 Å². The SMILES string of the molecule is O=C(O)C1CN(C(=O)C2C3C4CCC(C4)C23)CC1c1ccccc1. The third-order valence-electron chi connectivity index (χ3n) is 7.20. The van der Waals surface area contributed by atoms with Gasteiger partial charge in [-0.15, -0.1) is 0 Å². The first-order valence-electron chi connectivity index (χ1n) is 9.21. The van der Waals surface area contributed by atoms with E-state index in [2.05, 4.69) is 0 Å². The Morgan fingerprint density at radius 3 is 2.29 bits per heavy atom. The number of aliphatic carboxylic acids is 1. The lowest BCUT2D eigenvalue weighted by Gasteiger charge is -2.18. The van der Waals surface area contributed by atoms with Gasteiger partial charge in [-0.3, -0.25) is 9.59 Å². The fourth-order valence-corrected chi connectivity index (χ4v) is 6.14. The van der Waals surface area contributed by atoms with Crippen molar-refractivity contribution in [1.82, 2.24) is 4.90 Å². The van der Waals surface area contributed by atoms with E-state index < -0.39 is 11.9 Å². The van der Waals surface area contributed by atoms with E-state index in [0.29, 0.717) is 24.9 Å². The van der Waals surface area contributed by atoms with Crippen molar-refractivity contribution >= 4 is 11.9 Å². The summed E-state index contributed by atoms with van der Waals surface area (Å²) < 4.78 is 0. The topological polar surface area (TPSA) is 57.6 Å². The summed E-state index contributed by atoms with van der Waals surface area (Å²) in [6.07, 6.45) is 3.95. The molecular formula is C20H23NO3. The highest BCUT2D eigenvalue weighted by Gasteiger charge is 2.68. The molecule has 4 heteroatoms. The average molecular weight is 325 g/mol. The monoisotopic (exact) mass is 325 g/mol. The Labute approximate surface area is 141 Å². The quantitative estimate of drug-likeness (QED) is 0.929. The van der Waals surface area contributed by atoms with Crippen molar-refractivity contribution in [3.63, 3.8) is 0 Å². The molecule has 5 rings (SSSR count). The fraction of sp³-hybridized carbons (Fsp3) is 0.600. The minimum Gasteiger partial charge on any atom is -0.481 e. The molecule has 0 spiro atoms. The van der Waals surface area contributed by atoms with Crippen LogP contribution in [0.15, 0.2) is 30.3 Å². The Bertz CT molecular complexity index is 671. The van der Waals surface area contributed by atoms with Crippen molar-refractivity contribution in [2.24, 2.45) is 35.5 Å². The molecular weight excluding hydrogens is 302 g/mol. The normalized spacial score (nSPS) is 42.2. The maximum Gasteiger partial charge on any atom is 0.308 e. The van der Waals surface area contributed by atoms with E-state index in [4.69, 9.17) is 0 Å². The van der Waals surface area contributed by atoms with Crippen LogP contribution < -0.4 is 0 Å². The molecule has 6 unspecified atom stereocenters. The van der Waals surface area contributed by atoms with Gasteiger partial charge in [0.25, 0.3) is 0 Å². The van der Waals surface area contributed by atoms with E-state index in [1.165, 1.54) is 19.3 Å². The second kappa shape index (κ2) is 5.08. The first-order chi connectivity index (χ1) is 11.6. The van der Waals surface area contributed by atoms with E-state index >= 15 is 0 Å². The summed E-state index contributed by atoms with van der Waals surface area (Å²) in [7, 11) is 0. The smallest absolute Gasteiger partial charge is 0.308 e. The van der Waals surface area contributed by atoms with E-state index in [9.17, 15) is 14.7 Å². The predicted molar refractivity (Wildman–Crippen MR) is 88.2 cm³/mol. The van der Waals surface area contributed by atoms with Gasteiger partial charge in [0.2, 0.25) is 5.91 Å². The number of carboxylic acid groups (broad SMARTS) is 1. The molecule has 1 saturated heterocycles. The van der Waals surface area contributed by atoms with Gasteiger partial charge in [0.05, 0.1) is 5.92 Å². The van der Waals surface area contributed by atoms with Crippen LogP contribution in [0.2, 0.25) is 0 Å². The molecule has 1 N–H and O–H groups in total. The largest absolute Gasteiger partial charge is 0.481 e. The van der Waals surface area contributed by atoms with Crippen molar-refractivity contribution in [3.05, 3.63) is 35.9 Å². The zero-order chi connectivity index (χ0) is 16.4. The summed E-state index contributed by atoms with van der Waals surface area (Å²) in [6.45, 7) is 0.935. The zero-order valence-corrected chi connectivity index (χ0v) is 13.7. The molecule has 4 aliphatic rings. The third kappa shape index (κ3) is 1.98. The number of hydrogen-bond donors (Lipinski definition) is 1. The van der Waals surface area contributed by atoms with Gasteiger partial charge < -0.3 is 10.0 Å². The van der Waals surface area contributed by atoms with Crippen LogP contribution in [0.5, 0.6) is 0 Å². The second-order valence-corrected chi connectivity index (χ2v) is 8.22. The molecule has 4 nitrogen and oxygen atoms in total. The van der Waals surface area contributed by atoms with Crippen LogP contribution in [-0.4, -0.2) is 35.0 Å². The van der Waals surface area contributed by atoms with E-state index in [1.54, 1.807) is 0 Å². The molecule has 2 bridgehead atoms. The van der Waals surface area contributed by atoms with E-state index in [-0.39, 0.29) is 17.7 Å². The highest BCUT2D eigenvalue weighted by molar-refractivity contribution is 5.84. The standard InChI is InChI=1S/C20H23NO3/c22-19(18-16-12-6-7-13(8-12)17(16)18)21-9-14(15(10-21)20(23)24)11-4-2-1-3-5-11/h1-5,12-18H,6-10H2,(H,23,24). The summed E-state index contributed by atoms with van der Waals surface area (Å²) >= 11 is 0. The lowest BCUT2D eigenvalue weighted by molar-refractivity contribution is -0.142. The molecule has 3 aliphatic carbocycles. The zero-order valence-electron chi connectivity index (χ0n) is 13.7. The number of hydrogen-bond acceptors (Lipinski definition) is 2. The van der Waals surface area contributed by atoms with Gasteiger partial charge in [0.15, 0.2) is 0 Å². The highest BCUT2D eigenvalue weighted by atomic mass is 16.4. The lowest BCUT2D eigenvalue weighted by atomic mass is 9.89. The van der Waals surface area contributed by atoms with E-state index in [1.807, 2.05) is 35.2 Å². The molecule has 1 aromatic rings. The number of likely N-dealkylation sites (tertiary alicyclic amines) is 1. The summed E-state index contributed by atoms with van der Waals surface area (Å²) in [4.78, 5) is 26.6. The first kappa shape index (κ1) is 14.5. The molecule has 4 fully saturated rings. The van der Waals surface area contributed by atoms with E-state index in [0.717, 1.165) is 17.4 Å². The molecule has 1 aromatic carbocycles. The number of fused-ring (bicyclic) bond motifs is 5. The van der Waals surface area contributed by atoms with Gasteiger partial charge in [-0.1, -0.05) is 30.3 Å². The number of nitrogens with zero attached hydrogens (tertiary/aromatic N) is 1. The molecule has 6 atom stereocenters. The second-order valence-electron chi connectivity index (χ2n) is 8.22. The Morgan fingerprint density at radius 2 is 1.67 bits per heavy atom. The Kier molecular flexibility index (Phi) is 3.07. The minimum absolute atomic E-state index is 0.0806. The predicted octanol–water partition coefficient (Wildman–Crippen LogP) is 2.61. The summed E-state index contributed by atoms with van der Waals surface area (Å²) in [5, 5.41) is 9.62. The average Bonchev–Trinajstić information content (AvgIpc) is 2.96. The van der Waals surface area contributed by atoms with Crippen molar-refractivity contribution < 1.29 is 14.7 Å². The molecule has 1 amide bonds. The molecule has 3 saturated carbocycles. The Morgan fingerprint density at radius 1 is 1.00 bits per heavy atom. The number of carboxylic acids is 1. The number of benzene rings is 1. The molecule has 0 aromatic heterocycles. The van der Waals surface area contributed by atoms with Crippen LogP contribution in [-0.2, 0) is 9.59 Å². The van der Waals surface area contributed by atoms with Crippen LogP contribution in [0.4, 0.5) is 0 Å². The van der Waals surface area contributed by atoms with Crippen molar-refractivity contribution in [2.45, 2.75) is 25.2 Å². The molecule has 24 heavy (non-hydrogen) atoms. The van der Waals surface area contributed by atoms with Crippen molar-refractivity contribution in [3.8, 4) is 0 Å². The van der Waals surface area contributed by atoms with Gasteiger partial charge in [0.1, 0.15) is 0 Å². The van der Waals surface area contributed by atoms with Gasteiger partial charge >= 0.3 is 5.97 Å². The van der Waals surface area contributed by atoms with Crippen LogP contribution in [0, 0.1) is 35.5 Å². The first-order valence-corrected chi connectivity index (χ1v) is 9.21. The van der Waals surface area contributed by atoms with Crippen LogP contribution >= 0.6 is 0 Å². The third-order valence-corrected chi connectivity index (χ3v) is 7.20. The van der Waals surface area contributed by atoms with Gasteiger partial charge in [-0.2, -0.15) is 0 Å².